The van der Waals surface area contributed by atoms with Crippen molar-refractivity contribution in [1.29, 1.82) is 0 Å². The first-order chi connectivity index (χ1) is 14.6. The molecule has 0 saturated carbocycles. The molecule has 1 aliphatic rings. The van der Waals surface area contributed by atoms with Crippen LogP contribution in [-0.2, 0) is 36.9 Å². The van der Waals surface area contributed by atoms with Crippen molar-refractivity contribution in [3.05, 3.63) is 71.8 Å². The Balaban J connectivity index is 1.75. The molecule has 0 bridgehead atoms. The van der Waals surface area contributed by atoms with Crippen molar-refractivity contribution in [2.45, 2.75) is 57.3 Å². The first-order valence-electron chi connectivity index (χ1n) is 10.3. The van der Waals surface area contributed by atoms with Crippen molar-refractivity contribution in [2.24, 2.45) is 0 Å². The zero-order valence-electron chi connectivity index (χ0n) is 17.9. The Labute approximate surface area is 178 Å². The Hall–Kier alpha value is -1.80. The van der Waals surface area contributed by atoms with Crippen molar-refractivity contribution in [1.82, 2.24) is 0 Å². The molecule has 0 spiro atoms. The van der Waals surface area contributed by atoms with E-state index in [1.165, 1.54) is 0 Å². The second-order valence-electron chi connectivity index (χ2n) is 7.79. The van der Waals surface area contributed by atoms with E-state index in [0.29, 0.717) is 13.2 Å². The molecule has 2 aromatic rings. The van der Waals surface area contributed by atoms with Crippen LogP contribution in [-0.4, -0.2) is 55.6 Å². The molecule has 0 aromatic heterocycles. The fraction of sp³-hybridized carbons (Fsp3) is 0.500. The molecule has 2 aromatic carbocycles. The van der Waals surface area contributed by atoms with Crippen LogP contribution in [0.3, 0.4) is 0 Å². The molecule has 3 rings (SSSR count). The smallest absolute Gasteiger partial charge is 0.187 e. The summed E-state index contributed by atoms with van der Waals surface area (Å²) in [6.07, 6.45) is -1.79. The van der Waals surface area contributed by atoms with Gasteiger partial charge in [0, 0.05) is 7.11 Å². The van der Waals surface area contributed by atoms with E-state index in [4.69, 9.17) is 23.7 Å². The summed E-state index contributed by atoms with van der Waals surface area (Å²) < 4.78 is 30.0. The van der Waals surface area contributed by atoms with Gasteiger partial charge in [-0.05, 0) is 25.0 Å². The third kappa shape index (κ3) is 5.66. The zero-order valence-corrected chi connectivity index (χ0v) is 17.9. The molecule has 4 atom stereocenters. The molecule has 2 unspecified atom stereocenters. The van der Waals surface area contributed by atoms with E-state index in [1.54, 1.807) is 7.11 Å². The van der Waals surface area contributed by atoms with Crippen molar-refractivity contribution < 1.29 is 28.8 Å². The molecule has 30 heavy (non-hydrogen) atoms. The average molecular weight is 417 g/mol. The number of methoxy groups -OCH3 is 1. The average Bonchev–Trinajstić information content (AvgIpc) is 3.05. The third-order valence-corrected chi connectivity index (χ3v) is 5.11. The highest BCUT2D eigenvalue weighted by Gasteiger charge is 2.57. The van der Waals surface area contributed by atoms with Gasteiger partial charge in [0.25, 0.3) is 0 Å². The maximum absolute atomic E-state index is 10.4. The van der Waals surface area contributed by atoms with Crippen molar-refractivity contribution in [2.75, 3.05) is 20.3 Å². The Morgan fingerprint density at radius 2 is 1.57 bits per heavy atom. The minimum absolute atomic E-state index is 0.0675. The maximum Gasteiger partial charge on any atom is 0.187 e. The van der Waals surface area contributed by atoms with Crippen LogP contribution in [0.25, 0.3) is 0 Å². The molecule has 1 fully saturated rings. The molecular weight excluding hydrogens is 384 g/mol. The van der Waals surface area contributed by atoms with Crippen LogP contribution in [0.4, 0.5) is 0 Å². The lowest BCUT2D eigenvalue weighted by Crippen LogP contribution is -2.51. The fourth-order valence-corrected chi connectivity index (χ4v) is 3.63. The second kappa shape index (κ2) is 11.0. The Bertz CT molecular complexity index is 738. The number of benzene rings is 2. The number of aliphatic hydroxyl groups excluding tert-OH is 1. The first-order valence-corrected chi connectivity index (χ1v) is 10.3. The van der Waals surface area contributed by atoms with Gasteiger partial charge in [-0.3, -0.25) is 0 Å². The predicted octanol–water partition coefficient (Wildman–Crippen LogP) is 3.32. The van der Waals surface area contributed by atoms with E-state index in [-0.39, 0.29) is 19.3 Å². The summed E-state index contributed by atoms with van der Waals surface area (Å²) in [5.41, 5.74) is 0.977. The van der Waals surface area contributed by atoms with Crippen molar-refractivity contribution in [3.8, 4) is 0 Å². The Morgan fingerprint density at radius 3 is 2.10 bits per heavy atom. The molecule has 164 valence electrons. The van der Waals surface area contributed by atoms with Crippen LogP contribution in [0.1, 0.15) is 25.0 Å². The van der Waals surface area contributed by atoms with E-state index in [2.05, 4.69) is 0 Å². The Morgan fingerprint density at radius 1 is 0.967 bits per heavy atom. The highest BCUT2D eigenvalue weighted by molar-refractivity contribution is 5.15. The summed E-state index contributed by atoms with van der Waals surface area (Å²) in [6, 6.07) is 19.7. The monoisotopic (exact) mass is 416 g/mol. The van der Waals surface area contributed by atoms with Gasteiger partial charge in [0.15, 0.2) is 6.29 Å². The van der Waals surface area contributed by atoms with E-state index < -0.39 is 24.1 Å². The number of ether oxygens (including phenoxy) is 5. The van der Waals surface area contributed by atoms with E-state index in [9.17, 15) is 5.11 Å². The van der Waals surface area contributed by atoms with Gasteiger partial charge < -0.3 is 28.8 Å². The largest absolute Gasteiger partial charge is 0.393 e. The summed E-state index contributed by atoms with van der Waals surface area (Å²) in [4.78, 5) is 0. The van der Waals surface area contributed by atoms with Gasteiger partial charge in [-0.15, -0.1) is 0 Å². The van der Waals surface area contributed by atoms with Crippen LogP contribution >= 0.6 is 0 Å². The predicted molar refractivity (Wildman–Crippen MR) is 113 cm³/mol. The third-order valence-electron chi connectivity index (χ3n) is 5.11. The van der Waals surface area contributed by atoms with E-state index in [0.717, 1.165) is 11.1 Å². The highest BCUT2D eigenvalue weighted by Crippen LogP contribution is 2.37. The summed E-state index contributed by atoms with van der Waals surface area (Å²) in [6.45, 7) is 4.50. The minimum Gasteiger partial charge on any atom is -0.393 e. The lowest BCUT2D eigenvalue weighted by Gasteiger charge is -2.33. The van der Waals surface area contributed by atoms with Gasteiger partial charge in [0.05, 0.1) is 32.5 Å². The minimum atomic E-state index is -1.09. The first kappa shape index (κ1) is 22.9. The van der Waals surface area contributed by atoms with Crippen LogP contribution in [0.5, 0.6) is 0 Å². The summed E-state index contributed by atoms with van der Waals surface area (Å²) in [5.74, 6) is 0. The standard InChI is InChI=1S/C24H32O6/c1-18(2)29-23-21(26-3)22(28-15-20-12-8-5-9-13-20)24(16-25,30-23)17-27-14-19-10-6-4-7-11-19/h4-13,18,21-23,25H,14-17H2,1-3H3/t21-,22+,23?,24?/m0/s1. The molecule has 6 nitrogen and oxygen atoms in total. The summed E-state index contributed by atoms with van der Waals surface area (Å²) in [5, 5.41) is 10.4. The van der Waals surface area contributed by atoms with E-state index >= 15 is 0 Å². The van der Waals surface area contributed by atoms with Crippen molar-refractivity contribution >= 4 is 0 Å². The number of aliphatic hydroxyl groups is 1. The number of hydrogen-bond donors (Lipinski definition) is 1. The quantitative estimate of drug-likeness (QED) is 0.606. The SMILES string of the molecule is CO[C@@H]1C(OC(C)C)OC(CO)(COCc2ccccc2)[C@@H]1OCc1ccccc1. The van der Waals surface area contributed by atoms with E-state index in [1.807, 2.05) is 74.5 Å². The summed E-state index contributed by atoms with van der Waals surface area (Å²) >= 11 is 0. The molecule has 1 N–H and O–H groups in total. The molecule has 1 aliphatic heterocycles. The van der Waals surface area contributed by atoms with Crippen LogP contribution in [0.2, 0.25) is 0 Å². The van der Waals surface area contributed by atoms with Gasteiger partial charge >= 0.3 is 0 Å². The van der Waals surface area contributed by atoms with Crippen LogP contribution in [0.15, 0.2) is 60.7 Å². The van der Waals surface area contributed by atoms with Gasteiger partial charge in [0.1, 0.15) is 17.8 Å². The number of rotatable bonds is 11. The lowest BCUT2D eigenvalue weighted by atomic mass is 9.96. The number of hydrogen-bond acceptors (Lipinski definition) is 6. The molecule has 0 radical (unpaired) electrons. The lowest BCUT2D eigenvalue weighted by molar-refractivity contribution is -0.228. The maximum atomic E-state index is 10.4. The zero-order chi connectivity index (χ0) is 21.4. The fourth-order valence-electron chi connectivity index (χ4n) is 3.63. The normalized spacial score (nSPS) is 26.4. The molecule has 1 heterocycles. The molecule has 0 amide bonds. The highest BCUT2D eigenvalue weighted by atomic mass is 16.7. The molecule has 0 aliphatic carbocycles. The Kier molecular flexibility index (Phi) is 8.39. The molecule has 6 heteroatoms. The molecule has 1 saturated heterocycles. The van der Waals surface area contributed by atoms with Crippen LogP contribution < -0.4 is 0 Å². The van der Waals surface area contributed by atoms with Gasteiger partial charge in [-0.1, -0.05) is 60.7 Å². The van der Waals surface area contributed by atoms with Gasteiger partial charge in [0.2, 0.25) is 0 Å². The molecular formula is C24H32O6. The van der Waals surface area contributed by atoms with Gasteiger partial charge in [-0.2, -0.15) is 0 Å². The topological polar surface area (TPSA) is 66.4 Å². The van der Waals surface area contributed by atoms with Crippen molar-refractivity contribution in [3.63, 3.8) is 0 Å². The van der Waals surface area contributed by atoms with Gasteiger partial charge in [-0.25, -0.2) is 0 Å². The summed E-state index contributed by atoms with van der Waals surface area (Å²) in [7, 11) is 1.60. The second-order valence-corrected chi connectivity index (χ2v) is 7.79. The van der Waals surface area contributed by atoms with Crippen LogP contribution in [0, 0.1) is 0 Å².